The van der Waals surface area contributed by atoms with Crippen LogP contribution >= 0.6 is 0 Å². The van der Waals surface area contributed by atoms with E-state index in [9.17, 15) is 20.2 Å². The maximum absolute atomic E-state index is 10.7. The first-order valence-electron chi connectivity index (χ1n) is 4.44. The van der Waals surface area contributed by atoms with Crippen molar-refractivity contribution in [3.05, 3.63) is 38.6 Å². The fourth-order valence-corrected chi connectivity index (χ4v) is 1.51. The molecular formula is C8H6N4O5. The van der Waals surface area contributed by atoms with Gasteiger partial charge in [0, 0.05) is 17.5 Å². The highest BCUT2D eigenvalue weighted by Gasteiger charge is 2.25. The van der Waals surface area contributed by atoms with E-state index in [0.717, 1.165) is 16.8 Å². The van der Waals surface area contributed by atoms with Gasteiger partial charge in [0.1, 0.15) is 6.73 Å². The highest BCUT2D eigenvalue weighted by Crippen LogP contribution is 2.31. The summed E-state index contributed by atoms with van der Waals surface area (Å²) in [6.45, 7) is -0.460. The van der Waals surface area contributed by atoms with E-state index in [-0.39, 0.29) is 5.52 Å². The average molecular weight is 238 g/mol. The predicted molar refractivity (Wildman–Crippen MR) is 55.3 cm³/mol. The minimum atomic E-state index is -0.841. The second-order valence-corrected chi connectivity index (χ2v) is 3.20. The lowest BCUT2D eigenvalue weighted by molar-refractivity contribution is -0.422. The largest absolute Gasteiger partial charge is 0.374 e. The summed E-state index contributed by atoms with van der Waals surface area (Å²) in [5, 5.41) is 34.4. The van der Waals surface area contributed by atoms with Crippen molar-refractivity contribution in [3.8, 4) is 0 Å². The van der Waals surface area contributed by atoms with Gasteiger partial charge in [0.15, 0.2) is 0 Å². The highest BCUT2D eigenvalue weighted by molar-refractivity contribution is 5.85. The number of hydrogen-bond donors (Lipinski definition) is 1. The van der Waals surface area contributed by atoms with E-state index in [0.29, 0.717) is 5.39 Å². The van der Waals surface area contributed by atoms with Gasteiger partial charge in [0.05, 0.1) is 21.6 Å². The van der Waals surface area contributed by atoms with Crippen LogP contribution in [0.3, 0.4) is 0 Å². The van der Waals surface area contributed by atoms with Gasteiger partial charge in [-0.05, 0) is 0 Å². The van der Waals surface area contributed by atoms with Crippen molar-refractivity contribution in [2.24, 2.45) is 0 Å². The quantitative estimate of drug-likeness (QED) is 0.622. The zero-order valence-corrected chi connectivity index (χ0v) is 8.31. The van der Waals surface area contributed by atoms with Crippen molar-refractivity contribution >= 4 is 22.3 Å². The smallest absolute Gasteiger partial charge is 0.348 e. The Bertz CT molecular complexity index is 620. The summed E-state index contributed by atoms with van der Waals surface area (Å²) < 4.78 is 1.10. The average Bonchev–Trinajstić information content (AvgIpc) is 2.68. The Hall–Kier alpha value is -2.55. The fraction of sp³-hybridized carbons (Fsp3) is 0.125. The van der Waals surface area contributed by atoms with E-state index in [2.05, 4.69) is 5.10 Å². The number of nitro benzene ring substituents is 2. The molecule has 0 atom stereocenters. The maximum Gasteiger partial charge on any atom is 0.348 e. The predicted octanol–water partition coefficient (Wildman–Crippen LogP) is 0.802. The van der Waals surface area contributed by atoms with Gasteiger partial charge in [-0.25, -0.2) is 4.68 Å². The van der Waals surface area contributed by atoms with Gasteiger partial charge in [-0.3, -0.25) is 20.2 Å². The van der Waals surface area contributed by atoms with E-state index in [4.69, 9.17) is 5.11 Å². The molecule has 88 valence electrons. The lowest BCUT2D eigenvalue weighted by atomic mass is 10.2. The van der Waals surface area contributed by atoms with Gasteiger partial charge in [-0.15, -0.1) is 0 Å². The summed E-state index contributed by atoms with van der Waals surface area (Å²) in [5.74, 6) is 0. The summed E-state index contributed by atoms with van der Waals surface area (Å²) in [6.07, 6.45) is 1.29. The van der Waals surface area contributed by atoms with E-state index >= 15 is 0 Å². The van der Waals surface area contributed by atoms with Crippen LogP contribution in [0.2, 0.25) is 0 Å². The fourth-order valence-electron chi connectivity index (χ4n) is 1.51. The van der Waals surface area contributed by atoms with Crippen LogP contribution in [0.25, 0.3) is 10.9 Å². The van der Waals surface area contributed by atoms with E-state index in [1.165, 1.54) is 6.20 Å². The standard InChI is InChI=1S/C8H6N4O5/c13-4-10-6-2-8(12(16)17)7(11(14)15)1-5(6)3-9-10/h1-3,13H,4H2. The molecule has 0 aliphatic carbocycles. The van der Waals surface area contributed by atoms with Crippen LogP contribution in [-0.2, 0) is 6.73 Å². The molecule has 1 aromatic heterocycles. The first kappa shape index (κ1) is 11.0. The van der Waals surface area contributed by atoms with Crippen molar-refractivity contribution in [1.82, 2.24) is 9.78 Å². The third-order valence-electron chi connectivity index (χ3n) is 2.27. The van der Waals surface area contributed by atoms with Gasteiger partial charge in [0.2, 0.25) is 0 Å². The molecule has 17 heavy (non-hydrogen) atoms. The normalized spacial score (nSPS) is 10.6. The lowest BCUT2D eigenvalue weighted by Crippen LogP contribution is -2.00. The maximum atomic E-state index is 10.7. The number of benzene rings is 1. The molecule has 0 spiro atoms. The summed E-state index contributed by atoms with van der Waals surface area (Å²) in [4.78, 5) is 19.7. The number of rotatable bonds is 3. The third-order valence-corrected chi connectivity index (χ3v) is 2.27. The molecule has 0 saturated heterocycles. The van der Waals surface area contributed by atoms with Crippen molar-refractivity contribution in [3.63, 3.8) is 0 Å². The Morgan fingerprint density at radius 3 is 2.35 bits per heavy atom. The van der Waals surface area contributed by atoms with Crippen LogP contribution in [0.1, 0.15) is 0 Å². The molecule has 0 saturated carbocycles. The molecule has 2 rings (SSSR count). The minimum absolute atomic E-state index is 0.268. The molecule has 1 N–H and O–H groups in total. The van der Waals surface area contributed by atoms with Crippen molar-refractivity contribution in [1.29, 1.82) is 0 Å². The van der Waals surface area contributed by atoms with Crippen LogP contribution in [0, 0.1) is 20.2 Å². The number of aliphatic hydroxyl groups is 1. The Balaban J connectivity index is 2.79. The topological polar surface area (TPSA) is 124 Å². The lowest BCUT2D eigenvalue weighted by Gasteiger charge is -1.98. The molecule has 0 aliphatic heterocycles. The first-order valence-corrected chi connectivity index (χ1v) is 4.44. The third kappa shape index (κ3) is 1.67. The van der Waals surface area contributed by atoms with Crippen molar-refractivity contribution in [2.45, 2.75) is 6.73 Å². The van der Waals surface area contributed by atoms with Gasteiger partial charge in [-0.2, -0.15) is 5.10 Å². The molecule has 0 amide bonds. The molecule has 1 aromatic carbocycles. The second-order valence-electron chi connectivity index (χ2n) is 3.20. The molecule has 1 heterocycles. The summed E-state index contributed by atoms with van der Waals surface area (Å²) in [7, 11) is 0. The van der Waals surface area contributed by atoms with Crippen LogP contribution < -0.4 is 0 Å². The molecular weight excluding hydrogens is 232 g/mol. The number of nitrogens with zero attached hydrogens (tertiary/aromatic N) is 4. The van der Waals surface area contributed by atoms with Gasteiger partial charge < -0.3 is 5.11 Å². The minimum Gasteiger partial charge on any atom is -0.374 e. The number of aromatic nitrogens is 2. The van der Waals surface area contributed by atoms with Crippen LogP contribution in [0.15, 0.2) is 18.3 Å². The Labute approximate surface area is 93.2 Å². The Morgan fingerprint density at radius 2 is 1.82 bits per heavy atom. The molecule has 0 radical (unpaired) electrons. The van der Waals surface area contributed by atoms with Crippen LogP contribution in [-0.4, -0.2) is 24.7 Å². The summed E-state index contributed by atoms with van der Waals surface area (Å²) >= 11 is 0. The zero-order chi connectivity index (χ0) is 12.6. The zero-order valence-electron chi connectivity index (χ0n) is 8.31. The Morgan fingerprint density at radius 1 is 1.24 bits per heavy atom. The molecule has 0 bridgehead atoms. The molecule has 9 nitrogen and oxygen atoms in total. The number of hydrogen-bond acceptors (Lipinski definition) is 6. The first-order chi connectivity index (χ1) is 8.04. The Kier molecular flexibility index (Phi) is 2.44. The van der Waals surface area contributed by atoms with Crippen molar-refractivity contribution < 1.29 is 15.0 Å². The van der Waals surface area contributed by atoms with E-state index < -0.39 is 28.0 Å². The SMILES string of the molecule is O=[N+]([O-])c1cc2cnn(CO)c2cc1[N+](=O)[O-]. The molecule has 0 unspecified atom stereocenters. The molecule has 0 aliphatic rings. The highest BCUT2D eigenvalue weighted by atomic mass is 16.6. The van der Waals surface area contributed by atoms with E-state index in [1.807, 2.05) is 0 Å². The second kappa shape index (κ2) is 3.79. The molecule has 0 fully saturated rings. The van der Waals surface area contributed by atoms with Crippen molar-refractivity contribution in [2.75, 3.05) is 0 Å². The van der Waals surface area contributed by atoms with Gasteiger partial charge in [0.25, 0.3) is 0 Å². The van der Waals surface area contributed by atoms with Gasteiger partial charge >= 0.3 is 11.4 Å². The van der Waals surface area contributed by atoms with E-state index in [1.54, 1.807) is 0 Å². The van der Waals surface area contributed by atoms with Crippen LogP contribution in [0.4, 0.5) is 11.4 Å². The van der Waals surface area contributed by atoms with Crippen LogP contribution in [0.5, 0.6) is 0 Å². The van der Waals surface area contributed by atoms with Gasteiger partial charge in [-0.1, -0.05) is 0 Å². The number of nitro groups is 2. The number of fused-ring (bicyclic) bond motifs is 1. The summed E-state index contributed by atoms with van der Waals surface area (Å²) in [5.41, 5.74) is -0.956. The number of aliphatic hydroxyl groups excluding tert-OH is 1. The monoisotopic (exact) mass is 238 g/mol. The molecule has 2 aromatic rings. The molecule has 9 heteroatoms. The summed E-state index contributed by atoms with van der Waals surface area (Å²) in [6, 6.07) is 2.09.